The van der Waals surface area contributed by atoms with Crippen LogP contribution >= 0.6 is 0 Å². The van der Waals surface area contributed by atoms with Gasteiger partial charge in [-0.25, -0.2) is 4.90 Å². The predicted octanol–water partition coefficient (Wildman–Crippen LogP) is 3.54. The number of aliphatic hydroxyl groups is 1. The molecule has 5 nitrogen and oxygen atoms in total. The van der Waals surface area contributed by atoms with Gasteiger partial charge in [-0.15, -0.1) is 0 Å². The molecule has 3 rings (SSSR count). The Balaban J connectivity index is 2.03. The molecule has 25 heavy (non-hydrogen) atoms. The topological polar surface area (TPSA) is 66.8 Å². The molecule has 2 amide bonds. The van der Waals surface area contributed by atoms with Crippen molar-refractivity contribution < 1.29 is 19.4 Å². The molecule has 0 atom stereocenters. The molecule has 5 heteroatoms. The van der Waals surface area contributed by atoms with Crippen LogP contribution in [-0.2, 0) is 9.59 Å². The molecule has 0 bridgehead atoms. The number of aryl methyl sites for hydroxylation is 2. The predicted molar refractivity (Wildman–Crippen MR) is 95.6 cm³/mol. The smallest absolute Gasteiger partial charge is 0.301 e. The highest BCUT2D eigenvalue weighted by Gasteiger charge is 2.40. The third-order valence-electron chi connectivity index (χ3n) is 4.10. The van der Waals surface area contributed by atoms with Crippen LogP contribution in [0.4, 0.5) is 5.69 Å². The number of ether oxygens (including phenoxy) is 1. The maximum absolute atomic E-state index is 12.9. The number of hydrogen-bond donors (Lipinski definition) is 1. The molecule has 0 aliphatic carbocycles. The fourth-order valence-corrected chi connectivity index (χ4v) is 2.97. The van der Waals surface area contributed by atoms with Crippen molar-refractivity contribution in [3.8, 4) is 5.75 Å². The van der Waals surface area contributed by atoms with Crippen molar-refractivity contribution in [1.29, 1.82) is 0 Å². The molecule has 0 saturated heterocycles. The van der Waals surface area contributed by atoms with Gasteiger partial charge in [-0.1, -0.05) is 29.8 Å². The summed E-state index contributed by atoms with van der Waals surface area (Å²) in [5.41, 5.74) is 2.83. The lowest BCUT2D eigenvalue weighted by molar-refractivity contribution is -0.121. The van der Waals surface area contributed by atoms with Gasteiger partial charge in [0.25, 0.3) is 5.91 Å². The van der Waals surface area contributed by atoms with Crippen LogP contribution in [0.3, 0.4) is 0 Å². The molecule has 0 fully saturated rings. The Labute approximate surface area is 146 Å². The number of carbonyl (C=O) groups excluding carboxylic acids is 2. The average molecular weight is 337 g/mol. The molecular formula is C20H19NO4. The molecule has 0 unspecified atom stereocenters. The summed E-state index contributed by atoms with van der Waals surface area (Å²) in [6.07, 6.45) is 0. The van der Waals surface area contributed by atoms with Gasteiger partial charge in [0.05, 0.1) is 17.9 Å². The van der Waals surface area contributed by atoms with E-state index in [0.29, 0.717) is 23.6 Å². The van der Waals surface area contributed by atoms with Crippen molar-refractivity contribution in [2.45, 2.75) is 20.8 Å². The minimum atomic E-state index is -0.728. The maximum Gasteiger partial charge on any atom is 0.301 e. The lowest BCUT2D eigenvalue weighted by Gasteiger charge is -2.16. The van der Waals surface area contributed by atoms with E-state index in [2.05, 4.69) is 0 Å². The van der Waals surface area contributed by atoms with E-state index < -0.39 is 17.6 Å². The Morgan fingerprint density at radius 3 is 2.48 bits per heavy atom. The molecule has 0 spiro atoms. The minimum Gasteiger partial charge on any atom is -0.502 e. The van der Waals surface area contributed by atoms with Crippen LogP contribution in [0.15, 0.2) is 48.2 Å². The molecule has 2 aromatic rings. The van der Waals surface area contributed by atoms with Gasteiger partial charge in [-0.05, 0) is 44.0 Å². The second-order valence-electron chi connectivity index (χ2n) is 5.92. The van der Waals surface area contributed by atoms with E-state index in [9.17, 15) is 14.7 Å². The van der Waals surface area contributed by atoms with E-state index >= 15 is 0 Å². The van der Waals surface area contributed by atoms with Gasteiger partial charge in [0.1, 0.15) is 5.75 Å². The number of rotatable bonds is 4. The number of anilines is 1. The third-order valence-corrected chi connectivity index (χ3v) is 4.10. The van der Waals surface area contributed by atoms with Crippen LogP contribution in [0.5, 0.6) is 5.75 Å². The van der Waals surface area contributed by atoms with Gasteiger partial charge < -0.3 is 9.84 Å². The van der Waals surface area contributed by atoms with E-state index in [1.807, 2.05) is 32.9 Å². The Kier molecular flexibility index (Phi) is 4.31. The molecular weight excluding hydrogens is 318 g/mol. The molecule has 0 radical (unpaired) electrons. The van der Waals surface area contributed by atoms with Crippen LogP contribution in [0, 0.1) is 13.8 Å². The fourth-order valence-electron chi connectivity index (χ4n) is 2.97. The molecule has 128 valence electrons. The van der Waals surface area contributed by atoms with Gasteiger partial charge in [-0.2, -0.15) is 0 Å². The van der Waals surface area contributed by atoms with Crippen LogP contribution in [0.1, 0.15) is 23.6 Å². The summed E-state index contributed by atoms with van der Waals surface area (Å²) in [6, 6.07) is 12.2. The zero-order valence-corrected chi connectivity index (χ0v) is 14.4. The van der Waals surface area contributed by atoms with Gasteiger partial charge in [0.2, 0.25) is 0 Å². The third kappa shape index (κ3) is 2.89. The Bertz CT molecular complexity index is 898. The standard InChI is InChI=1S/C20H19NO4/c1-4-25-15-7-5-6-14(11-15)21-19(23)17(18(22)20(21)24)16-9-8-12(2)10-13(16)3/h5-11,22H,4H2,1-3H3. The highest BCUT2D eigenvalue weighted by Crippen LogP contribution is 2.34. The summed E-state index contributed by atoms with van der Waals surface area (Å²) in [5.74, 6) is -1.24. The zero-order valence-electron chi connectivity index (χ0n) is 14.4. The summed E-state index contributed by atoms with van der Waals surface area (Å²) in [6.45, 7) is 6.12. The summed E-state index contributed by atoms with van der Waals surface area (Å²) >= 11 is 0. The van der Waals surface area contributed by atoms with Crippen LogP contribution < -0.4 is 9.64 Å². The van der Waals surface area contributed by atoms with Crippen LogP contribution in [0.25, 0.3) is 5.57 Å². The normalized spacial score (nSPS) is 14.4. The molecule has 0 aromatic heterocycles. The van der Waals surface area contributed by atoms with E-state index in [1.54, 1.807) is 30.3 Å². The maximum atomic E-state index is 12.9. The second-order valence-corrected chi connectivity index (χ2v) is 5.92. The summed E-state index contributed by atoms with van der Waals surface area (Å²) in [5, 5.41) is 10.3. The number of hydrogen-bond acceptors (Lipinski definition) is 4. The Morgan fingerprint density at radius 1 is 1.04 bits per heavy atom. The SMILES string of the molecule is CCOc1cccc(N2C(=O)C(O)=C(c3ccc(C)cc3C)C2=O)c1. The van der Waals surface area contributed by atoms with E-state index in [-0.39, 0.29) is 5.57 Å². The molecule has 1 heterocycles. The average Bonchev–Trinajstić information content (AvgIpc) is 2.78. The fraction of sp³-hybridized carbons (Fsp3) is 0.200. The molecule has 0 saturated carbocycles. The first-order valence-corrected chi connectivity index (χ1v) is 8.06. The van der Waals surface area contributed by atoms with E-state index in [4.69, 9.17) is 4.74 Å². The van der Waals surface area contributed by atoms with Crippen molar-refractivity contribution in [3.05, 3.63) is 64.9 Å². The number of benzene rings is 2. The summed E-state index contributed by atoms with van der Waals surface area (Å²) in [4.78, 5) is 26.4. The molecule has 2 aromatic carbocycles. The Morgan fingerprint density at radius 2 is 1.80 bits per heavy atom. The van der Waals surface area contributed by atoms with E-state index in [1.165, 1.54) is 0 Å². The number of imide groups is 1. The number of carbonyl (C=O) groups is 2. The monoisotopic (exact) mass is 337 g/mol. The van der Waals surface area contributed by atoms with Gasteiger partial charge in [0, 0.05) is 6.07 Å². The zero-order chi connectivity index (χ0) is 18.1. The van der Waals surface area contributed by atoms with Gasteiger partial charge in [0.15, 0.2) is 5.76 Å². The highest BCUT2D eigenvalue weighted by molar-refractivity contribution is 6.45. The van der Waals surface area contributed by atoms with Crippen molar-refractivity contribution in [1.82, 2.24) is 0 Å². The first kappa shape index (κ1) is 16.8. The lowest BCUT2D eigenvalue weighted by atomic mass is 9.98. The summed E-state index contributed by atoms with van der Waals surface area (Å²) in [7, 11) is 0. The molecule has 1 aliphatic heterocycles. The number of nitrogens with zero attached hydrogens (tertiary/aromatic N) is 1. The number of amides is 2. The van der Waals surface area contributed by atoms with Gasteiger partial charge in [-0.3, -0.25) is 9.59 Å². The van der Waals surface area contributed by atoms with E-state index in [0.717, 1.165) is 16.0 Å². The second kappa shape index (κ2) is 6.43. The largest absolute Gasteiger partial charge is 0.502 e. The Hall–Kier alpha value is -3.08. The quantitative estimate of drug-likeness (QED) is 0.867. The van der Waals surface area contributed by atoms with Crippen molar-refractivity contribution >= 4 is 23.1 Å². The summed E-state index contributed by atoms with van der Waals surface area (Å²) < 4.78 is 5.42. The molecule has 1 aliphatic rings. The van der Waals surface area contributed by atoms with Crippen molar-refractivity contribution in [3.63, 3.8) is 0 Å². The molecule has 1 N–H and O–H groups in total. The minimum absolute atomic E-state index is 0.0318. The highest BCUT2D eigenvalue weighted by atomic mass is 16.5. The van der Waals surface area contributed by atoms with Crippen LogP contribution in [-0.4, -0.2) is 23.5 Å². The first-order chi connectivity index (χ1) is 11.9. The number of aliphatic hydroxyl groups excluding tert-OH is 1. The van der Waals surface area contributed by atoms with Gasteiger partial charge >= 0.3 is 5.91 Å². The lowest BCUT2D eigenvalue weighted by Crippen LogP contribution is -2.31. The van der Waals surface area contributed by atoms with Crippen LogP contribution in [0.2, 0.25) is 0 Å². The van der Waals surface area contributed by atoms with Crippen molar-refractivity contribution in [2.24, 2.45) is 0 Å². The first-order valence-electron chi connectivity index (χ1n) is 8.06. The van der Waals surface area contributed by atoms with Crippen molar-refractivity contribution in [2.75, 3.05) is 11.5 Å².